The molecule has 8 heteroatoms. The van der Waals surface area contributed by atoms with Crippen molar-refractivity contribution in [1.29, 1.82) is 0 Å². The van der Waals surface area contributed by atoms with Crippen LogP contribution in [0, 0.1) is 6.92 Å². The highest BCUT2D eigenvalue weighted by molar-refractivity contribution is 6.05. The standard InChI is InChI=1S/C25H36N4O4/c1-16(2)29(19-7-5-10-26-15-19)23(31)20-14-21-22(13-17(20)3)33-25(8-6-9-25)24(32)28(21)12-11-27-18(4)30/h13-14,16,19,26H,5-12,15H2,1-4H3,(H,27,30)/t19-/m1/s1. The molecule has 8 nitrogen and oxygen atoms in total. The van der Waals surface area contributed by atoms with Crippen molar-refractivity contribution >= 4 is 23.4 Å². The van der Waals surface area contributed by atoms with Crippen LogP contribution in [-0.2, 0) is 9.59 Å². The van der Waals surface area contributed by atoms with Crippen molar-refractivity contribution in [3.8, 4) is 5.75 Å². The monoisotopic (exact) mass is 456 g/mol. The van der Waals surface area contributed by atoms with Crippen LogP contribution in [0.25, 0.3) is 0 Å². The molecule has 1 aromatic carbocycles. The average Bonchev–Trinajstić information content (AvgIpc) is 2.74. The summed E-state index contributed by atoms with van der Waals surface area (Å²) in [6, 6.07) is 3.92. The SMILES string of the molecule is CC(=O)NCCN1C(=O)C2(CCC2)Oc2cc(C)c(C(=O)N(C(C)C)[C@@H]3CCCNC3)cc21. The Hall–Kier alpha value is -2.61. The number of piperidine rings is 1. The van der Waals surface area contributed by atoms with Gasteiger partial charge in [-0.15, -0.1) is 0 Å². The molecule has 0 unspecified atom stereocenters. The normalized spacial score (nSPS) is 21.3. The van der Waals surface area contributed by atoms with Gasteiger partial charge in [-0.25, -0.2) is 0 Å². The minimum Gasteiger partial charge on any atom is -0.475 e. The first kappa shape index (κ1) is 23.5. The lowest BCUT2D eigenvalue weighted by atomic mass is 9.77. The lowest BCUT2D eigenvalue weighted by Crippen LogP contribution is -2.61. The van der Waals surface area contributed by atoms with Gasteiger partial charge in [-0.3, -0.25) is 14.4 Å². The highest BCUT2D eigenvalue weighted by Crippen LogP contribution is 2.47. The van der Waals surface area contributed by atoms with Crippen LogP contribution in [0.4, 0.5) is 5.69 Å². The van der Waals surface area contributed by atoms with E-state index in [1.54, 1.807) is 4.90 Å². The van der Waals surface area contributed by atoms with Gasteiger partial charge in [0.1, 0.15) is 5.75 Å². The van der Waals surface area contributed by atoms with Crippen molar-refractivity contribution in [2.24, 2.45) is 0 Å². The maximum atomic E-state index is 13.8. The van der Waals surface area contributed by atoms with Gasteiger partial charge in [-0.1, -0.05) is 0 Å². The number of hydrogen-bond acceptors (Lipinski definition) is 5. The Morgan fingerprint density at radius 2 is 2.06 bits per heavy atom. The van der Waals surface area contributed by atoms with Gasteiger partial charge < -0.3 is 25.2 Å². The molecular weight excluding hydrogens is 420 g/mol. The fourth-order valence-electron chi connectivity index (χ4n) is 5.21. The number of anilines is 1. The molecule has 33 heavy (non-hydrogen) atoms. The molecule has 2 aliphatic heterocycles. The molecular formula is C25H36N4O4. The van der Waals surface area contributed by atoms with E-state index in [0.29, 0.717) is 42.9 Å². The summed E-state index contributed by atoms with van der Waals surface area (Å²) >= 11 is 0. The lowest BCUT2D eigenvalue weighted by Gasteiger charge is -2.47. The van der Waals surface area contributed by atoms with Crippen LogP contribution in [0.3, 0.4) is 0 Å². The Morgan fingerprint density at radius 3 is 2.64 bits per heavy atom. The van der Waals surface area contributed by atoms with Crippen LogP contribution in [0.5, 0.6) is 5.75 Å². The minimum absolute atomic E-state index is 0.0165. The first-order chi connectivity index (χ1) is 15.7. The summed E-state index contributed by atoms with van der Waals surface area (Å²) in [4.78, 5) is 42.2. The van der Waals surface area contributed by atoms with E-state index in [1.807, 2.05) is 37.8 Å². The Labute approximate surface area is 196 Å². The largest absolute Gasteiger partial charge is 0.475 e. The number of hydrogen-bond donors (Lipinski definition) is 2. The number of ether oxygens (including phenoxy) is 1. The fourth-order valence-corrected chi connectivity index (χ4v) is 5.21. The molecule has 180 valence electrons. The summed E-state index contributed by atoms with van der Waals surface area (Å²) in [6.07, 6.45) is 4.36. The van der Waals surface area contributed by atoms with Gasteiger partial charge in [0, 0.05) is 44.2 Å². The van der Waals surface area contributed by atoms with Gasteiger partial charge in [0.15, 0.2) is 5.60 Å². The third-order valence-electron chi connectivity index (χ3n) is 7.09. The van der Waals surface area contributed by atoms with Gasteiger partial charge in [0.05, 0.1) is 5.69 Å². The highest BCUT2D eigenvalue weighted by Gasteiger charge is 2.52. The van der Waals surface area contributed by atoms with E-state index in [-0.39, 0.29) is 29.8 Å². The Kier molecular flexibility index (Phi) is 6.66. The molecule has 1 aliphatic carbocycles. The molecule has 2 N–H and O–H groups in total. The van der Waals surface area contributed by atoms with Gasteiger partial charge in [-0.05, 0) is 77.1 Å². The molecule has 2 heterocycles. The number of rotatable bonds is 6. The Balaban J connectivity index is 1.69. The number of aryl methyl sites for hydroxylation is 1. The lowest BCUT2D eigenvalue weighted by molar-refractivity contribution is -0.143. The minimum atomic E-state index is -0.807. The molecule has 3 amide bonds. The van der Waals surface area contributed by atoms with Crippen molar-refractivity contribution in [3.05, 3.63) is 23.3 Å². The molecule has 3 aliphatic rings. The average molecular weight is 457 g/mol. The first-order valence-electron chi connectivity index (χ1n) is 12.2. The maximum absolute atomic E-state index is 13.8. The summed E-state index contributed by atoms with van der Waals surface area (Å²) < 4.78 is 6.25. The number of nitrogens with zero attached hydrogens (tertiary/aromatic N) is 2. The van der Waals surface area contributed by atoms with Crippen molar-refractivity contribution in [2.45, 2.75) is 77.5 Å². The fraction of sp³-hybridized carbons (Fsp3) is 0.640. The molecule has 1 spiro atoms. The predicted octanol–water partition coefficient (Wildman–Crippen LogP) is 2.38. The molecule has 0 bridgehead atoms. The van der Waals surface area contributed by atoms with Crippen LogP contribution in [0.2, 0.25) is 0 Å². The van der Waals surface area contributed by atoms with Crippen LogP contribution in [-0.4, -0.2) is 66.5 Å². The zero-order chi connectivity index (χ0) is 23.8. The molecule has 0 radical (unpaired) electrons. The Morgan fingerprint density at radius 1 is 1.30 bits per heavy atom. The van der Waals surface area contributed by atoms with Crippen LogP contribution < -0.4 is 20.3 Å². The summed E-state index contributed by atoms with van der Waals surface area (Å²) in [5, 5.41) is 6.18. The van der Waals surface area contributed by atoms with Crippen LogP contribution in [0.1, 0.15) is 68.8 Å². The third kappa shape index (κ3) is 4.45. The number of carbonyl (C=O) groups is 3. The molecule has 2 fully saturated rings. The number of carbonyl (C=O) groups excluding carboxylic acids is 3. The summed E-state index contributed by atoms with van der Waals surface area (Å²) in [5.74, 6) is 0.410. The number of fused-ring (bicyclic) bond motifs is 1. The molecule has 1 saturated carbocycles. The van der Waals surface area contributed by atoms with E-state index >= 15 is 0 Å². The van der Waals surface area contributed by atoms with E-state index in [4.69, 9.17) is 4.74 Å². The smallest absolute Gasteiger partial charge is 0.271 e. The van der Waals surface area contributed by atoms with Crippen LogP contribution >= 0.6 is 0 Å². The van der Waals surface area contributed by atoms with Gasteiger partial charge in [-0.2, -0.15) is 0 Å². The second-order valence-corrected chi connectivity index (χ2v) is 9.83. The number of amides is 3. The van der Waals surface area contributed by atoms with E-state index in [2.05, 4.69) is 10.6 Å². The number of nitrogens with one attached hydrogen (secondary N) is 2. The van der Waals surface area contributed by atoms with Gasteiger partial charge in [0.2, 0.25) is 5.91 Å². The van der Waals surface area contributed by atoms with Crippen molar-refractivity contribution < 1.29 is 19.1 Å². The molecule has 4 rings (SSSR count). The second kappa shape index (κ2) is 9.33. The van der Waals surface area contributed by atoms with Gasteiger partial charge in [0.25, 0.3) is 11.8 Å². The summed E-state index contributed by atoms with van der Waals surface area (Å²) in [5.41, 5.74) is 1.25. The first-order valence-corrected chi connectivity index (χ1v) is 12.2. The summed E-state index contributed by atoms with van der Waals surface area (Å²) in [7, 11) is 0. The molecule has 1 atom stereocenters. The van der Waals surface area contributed by atoms with Crippen LogP contribution in [0.15, 0.2) is 12.1 Å². The van der Waals surface area contributed by atoms with Crippen molar-refractivity contribution in [1.82, 2.24) is 15.5 Å². The summed E-state index contributed by atoms with van der Waals surface area (Å²) in [6.45, 7) is 9.95. The molecule has 1 saturated heterocycles. The van der Waals surface area contributed by atoms with E-state index in [1.165, 1.54) is 6.92 Å². The molecule has 0 aromatic heterocycles. The van der Waals surface area contributed by atoms with Crippen molar-refractivity contribution in [3.63, 3.8) is 0 Å². The quantitative estimate of drug-likeness (QED) is 0.686. The maximum Gasteiger partial charge on any atom is 0.271 e. The van der Waals surface area contributed by atoms with E-state index in [9.17, 15) is 14.4 Å². The van der Waals surface area contributed by atoms with E-state index < -0.39 is 5.60 Å². The third-order valence-corrected chi connectivity index (χ3v) is 7.09. The zero-order valence-corrected chi connectivity index (χ0v) is 20.2. The zero-order valence-electron chi connectivity index (χ0n) is 20.2. The second-order valence-electron chi connectivity index (χ2n) is 9.83. The Bertz CT molecular complexity index is 935. The highest BCUT2D eigenvalue weighted by atomic mass is 16.5. The van der Waals surface area contributed by atoms with Gasteiger partial charge >= 0.3 is 0 Å². The van der Waals surface area contributed by atoms with Crippen molar-refractivity contribution in [2.75, 3.05) is 31.1 Å². The predicted molar refractivity (Wildman–Crippen MR) is 127 cm³/mol. The van der Waals surface area contributed by atoms with E-state index in [0.717, 1.165) is 37.9 Å². The molecule has 1 aromatic rings. The number of benzene rings is 1. The topological polar surface area (TPSA) is 91.0 Å².